The molecule has 106 valence electrons. The number of nitrogens with zero attached hydrogens (tertiary/aromatic N) is 3. The third-order valence-corrected chi connectivity index (χ3v) is 3.53. The lowest BCUT2D eigenvalue weighted by atomic mass is 10.2. The van der Waals surface area contributed by atoms with E-state index in [0.29, 0.717) is 0 Å². The Balaban J connectivity index is 0.00000133. The van der Waals surface area contributed by atoms with Gasteiger partial charge < -0.3 is 15.2 Å². The second-order valence-corrected chi connectivity index (χ2v) is 4.99. The predicted molar refractivity (Wildman–Crippen MR) is 87.2 cm³/mol. The van der Waals surface area contributed by atoms with Crippen LogP contribution < -0.4 is 10.6 Å². The molecule has 6 heteroatoms. The summed E-state index contributed by atoms with van der Waals surface area (Å²) in [6, 6.07) is 0. The van der Waals surface area contributed by atoms with Gasteiger partial charge in [0.1, 0.15) is 5.82 Å². The van der Waals surface area contributed by atoms with Crippen LogP contribution in [0.5, 0.6) is 0 Å². The van der Waals surface area contributed by atoms with Gasteiger partial charge in [-0.15, -0.1) is 24.0 Å². The number of halogens is 1. The summed E-state index contributed by atoms with van der Waals surface area (Å²) in [5.74, 6) is 2.22. The van der Waals surface area contributed by atoms with E-state index in [4.69, 9.17) is 4.98 Å². The topological polar surface area (TPSA) is 54.2 Å². The summed E-state index contributed by atoms with van der Waals surface area (Å²) in [7, 11) is 0. The van der Waals surface area contributed by atoms with Crippen molar-refractivity contribution in [2.24, 2.45) is 4.99 Å². The van der Waals surface area contributed by atoms with Crippen molar-refractivity contribution in [3.8, 4) is 0 Å². The third kappa shape index (κ3) is 3.84. The van der Waals surface area contributed by atoms with Crippen molar-refractivity contribution < 1.29 is 0 Å². The molecule has 2 N–H and O–H groups in total. The Kier molecular flexibility index (Phi) is 5.47. The lowest BCUT2D eigenvalue weighted by Gasteiger charge is -2.15. The van der Waals surface area contributed by atoms with E-state index >= 15 is 0 Å². The van der Waals surface area contributed by atoms with Crippen LogP contribution in [0.1, 0.15) is 30.8 Å². The zero-order valence-corrected chi connectivity index (χ0v) is 13.5. The van der Waals surface area contributed by atoms with E-state index in [0.717, 1.165) is 51.4 Å². The molecule has 0 aliphatic carbocycles. The Hall–Kier alpha value is -0.790. The number of imidazole rings is 1. The van der Waals surface area contributed by atoms with Crippen LogP contribution in [0.3, 0.4) is 0 Å². The average Bonchev–Trinajstić information content (AvgIpc) is 2.82. The first-order chi connectivity index (χ1) is 8.92. The third-order valence-electron chi connectivity index (χ3n) is 3.53. The minimum absolute atomic E-state index is 0. The van der Waals surface area contributed by atoms with Gasteiger partial charge in [-0.25, -0.2) is 4.98 Å². The number of rotatable bonds is 3. The van der Waals surface area contributed by atoms with Crippen molar-refractivity contribution in [1.82, 2.24) is 20.2 Å². The van der Waals surface area contributed by atoms with Crippen molar-refractivity contribution in [1.29, 1.82) is 0 Å². The number of hydrogen-bond acceptors (Lipinski definition) is 4. The maximum Gasteiger partial charge on any atom is 0.191 e. The molecule has 2 aliphatic rings. The fraction of sp³-hybridized carbons (Fsp3) is 0.692. The molecule has 0 atom stereocenters. The highest BCUT2D eigenvalue weighted by molar-refractivity contribution is 14.0. The second kappa shape index (κ2) is 7.12. The van der Waals surface area contributed by atoms with Gasteiger partial charge in [-0.05, 0) is 19.3 Å². The summed E-state index contributed by atoms with van der Waals surface area (Å²) >= 11 is 0. The van der Waals surface area contributed by atoms with Gasteiger partial charge in [0.15, 0.2) is 5.96 Å². The van der Waals surface area contributed by atoms with Crippen molar-refractivity contribution in [2.45, 2.75) is 38.6 Å². The Labute approximate surface area is 131 Å². The molecule has 1 aromatic heterocycles. The zero-order valence-electron chi connectivity index (χ0n) is 11.2. The number of aliphatic imine (C=N–C) groups is 1. The summed E-state index contributed by atoms with van der Waals surface area (Å²) in [4.78, 5) is 9.09. The Morgan fingerprint density at radius 2 is 2.26 bits per heavy atom. The number of aryl methyl sites for hydroxylation is 2. The molecule has 0 radical (unpaired) electrons. The highest BCUT2D eigenvalue weighted by Gasteiger charge is 2.12. The van der Waals surface area contributed by atoms with E-state index < -0.39 is 0 Å². The molecule has 0 bridgehead atoms. The first-order valence-corrected chi connectivity index (χ1v) is 6.99. The Bertz CT molecular complexity index is 417. The number of nitrogens with one attached hydrogen (secondary N) is 2. The van der Waals surface area contributed by atoms with Gasteiger partial charge in [-0.3, -0.25) is 4.99 Å². The molecule has 0 unspecified atom stereocenters. The van der Waals surface area contributed by atoms with E-state index in [2.05, 4.69) is 26.4 Å². The van der Waals surface area contributed by atoms with Crippen molar-refractivity contribution in [3.63, 3.8) is 0 Å². The summed E-state index contributed by atoms with van der Waals surface area (Å²) in [5, 5.41) is 6.61. The highest BCUT2D eigenvalue weighted by atomic mass is 127. The fourth-order valence-corrected chi connectivity index (χ4v) is 2.55. The normalized spacial score (nSPS) is 17.8. The molecule has 0 spiro atoms. The van der Waals surface area contributed by atoms with Crippen LogP contribution in [0.25, 0.3) is 0 Å². The molecule has 0 aromatic carbocycles. The Morgan fingerprint density at radius 3 is 3.05 bits per heavy atom. The van der Waals surface area contributed by atoms with Crippen LogP contribution in [0.2, 0.25) is 0 Å². The van der Waals surface area contributed by atoms with Gasteiger partial charge in [0.05, 0.1) is 5.69 Å². The quantitative estimate of drug-likeness (QED) is 0.784. The van der Waals surface area contributed by atoms with Gasteiger partial charge in [0, 0.05) is 45.2 Å². The monoisotopic (exact) mass is 375 g/mol. The van der Waals surface area contributed by atoms with E-state index in [1.165, 1.54) is 24.4 Å². The first-order valence-electron chi connectivity index (χ1n) is 6.99. The van der Waals surface area contributed by atoms with Gasteiger partial charge in [0.25, 0.3) is 0 Å². The number of hydrogen-bond donors (Lipinski definition) is 2. The summed E-state index contributed by atoms with van der Waals surface area (Å²) in [6.07, 6.45) is 8.05. The van der Waals surface area contributed by atoms with Crippen molar-refractivity contribution in [3.05, 3.63) is 17.7 Å². The van der Waals surface area contributed by atoms with Crippen molar-refractivity contribution in [2.75, 3.05) is 19.6 Å². The number of fused-ring (bicyclic) bond motifs is 1. The number of aromatic nitrogens is 2. The standard InChI is InChI=1S/C13H21N5.HI/c1-2-9-18-10-11(17-12(18)4-1)5-8-16-13-14-6-3-7-15-13;/h10H,1-9H2,(H2,14,15,16);1H. The summed E-state index contributed by atoms with van der Waals surface area (Å²) in [5.41, 5.74) is 1.20. The van der Waals surface area contributed by atoms with Gasteiger partial charge in [0.2, 0.25) is 0 Å². The van der Waals surface area contributed by atoms with Crippen LogP contribution in [0, 0.1) is 0 Å². The SMILES string of the molecule is I.c1c(CCNC2=NCCCN2)nc2n1CCCC2. The lowest BCUT2D eigenvalue weighted by molar-refractivity contribution is 0.522. The Morgan fingerprint density at radius 1 is 1.32 bits per heavy atom. The zero-order chi connectivity index (χ0) is 12.2. The molecule has 2 aliphatic heterocycles. The number of guanidine groups is 1. The van der Waals surface area contributed by atoms with E-state index in [1.807, 2.05) is 0 Å². The van der Waals surface area contributed by atoms with Gasteiger partial charge in [-0.2, -0.15) is 0 Å². The minimum Gasteiger partial charge on any atom is -0.356 e. The van der Waals surface area contributed by atoms with E-state index in [9.17, 15) is 0 Å². The molecule has 1 aromatic rings. The average molecular weight is 375 g/mol. The first kappa shape index (κ1) is 14.6. The van der Waals surface area contributed by atoms with E-state index in [1.54, 1.807) is 0 Å². The van der Waals surface area contributed by atoms with Gasteiger partial charge in [-0.1, -0.05) is 0 Å². The van der Waals surface area contributed by atoms with Crippen LogP contribution in [0.4, 0.5) is 0 Å². The fourth-order valence-electron chi connectivity index (χ4n) is 2.55. The summed E-state index contributed by atoms with van der Waals surface area (Å²) in [6.45, 7) is 4.02. The van der Waals surface area contributed by atoms with Crippen LogP contribution >= 0.6 is 24.0 Å². The van der Waals surface area contributed by atoms with E-state index in [-0.39, 0.29) is 24.0 Å². The molecule has 5 nitrogen and oxygen atoms in total. The molecular formula is C13H22IN5. The minimum atomic E-state index is 0. The maximum atomic E-state index is 4.70. The molecule has 0 saturated carbocycles. The molecule has 0 amide bonds. The van der Waals surface area contributed by atoms with Gasteiger partial charge >= 0.3 is 0 Å². The summed E-state index contributed by atoms with van der Waals surface area (Å²) < 4.78 is 2.31. The molecule has 3 rings (SSSR count). The molecular weight excluding hydrogens is 353 g/mol. The lowest BCUT2D eigenvalue weighted by Crippen LogP contribution is -2.41. The molecule has 0 fully saturated rings. The van der Waals surface area contributed by atoms with Crippen LogP contribution in [-0.2, 0) is 19.4 Å². The smallest absolute Gasteiger partial charge is 0.191 e. The van der Waals surface area contributed by atoms with Crippen molar-refractivity contribution >= 4 is 29.9 Å². The largest absolute Gasteiger partial charge is 0.356 e. The molecule has 3 heterocycles. The molecule has 0 saturated heterocycles. The van der Waals surface area contributed by atoms with Crippen LogP contribution in [0.15, 0.2) is 11.2 Å². The molecule has 19 heavy (non-hydrogen) atoms. The maximum absolute atomic E-state index is 4.70. The predicted octanol–water partition coefficient (Wildman–Crippen LogP) is 1.32. The highest BCUT2D eigenvalue weighted by Crippen LogP contribution is 2.14. The second-order valence-electron chi connectivity index (χ2n) is 4.99. The van der Waals surface area contributed by atoms with Crippen LogP contribution in [-0.4, -0.2) is 35.1 Å².